The Bertz CT molecular complexity index is 988. The first kappa shape index (κ1) is 20.6. The summed E-state index contributed by atoms with van der Waals surface area (Å²) in [6.07, 6.45) is 3.01. The molecule has 1 aromatic heterocycles. The fraction of sp³-hybridized carbons (Fsp3) is 0.353. The van der Waals surface area contributed by atoms with Crippen LogP contribution in [0.3, 0.4) is 0 Å². The molecule has 0 saturated carbocycles. The number of carbonyl (C=O) groups is 1. The number of nitrogens with zero attached hydrogens (tertiary/aromatic N) is 2. The minimum absolute atomic E-state index is 0.0424. The van der Waals surface area contributed by atoms with Gasteiger partial charge in [0.2, 0.25) is 10.0 Å². The number of hydrogen-bond acceptors (Lipinski definition) is 4. The van der Waals surface area contributed by atoms with Gasteiger partial charge in [0.25, 0.3) is 5.91 Å². The van der Waals surface area contributed by atoms with Crippen molar-refractivity contribution in [3.63, 3.8) is 0 Å². The van der Waals surface area contributed by atoms with Gasteiger partial charge in [-0.1, -0.05) is 11.6 Å². The van der Waals surface area contributed by atoms with Crippen molar-refractivity contribution in [2.75, 3.05) is 18.4 Å². The molecule has 7 nitrogen and oxygen atoms in total. The monoisotopic (exact) mass is 433 g/mol. The summed E-state index contributed by atoms with van der Waals surface area (Å²) < 4.78 is 56.9. The summed E-state index contributed by atoms with van der Waals surface area (Å²) in [5.74, 6) is -0.781. The zero-order chi connectivity index (χ0) is 20.5. The highest BCUT2D eigenvalue weighted by Gasteiger charge is 2.29. The molecule has 3 rings (SSSR count). The van der Waals surface area contributed by atoms with Crippen LogP contribution in [-0.4, -0.2) is 42.9 Å². The zero-order valence-electron chi connectivity index (χ0n) is 14.9. The maximum Gasteiger partial charge on any atom is 0.387 e. The third kappa shape index (κ3) is 4.29. The Morgan fingerprint density at radius 1 is 1.25 bits per heavy atom. The third-order valence-corrected chi connectivity index (χ3v) is 6.48. The molecule has 1 aliphatic rings. The number of alkyl halides is 2. The van der Waals surface area contributed by atoms with Crippen molar-refractivity contribution in [2.24, 2.45) is 7.05 Å². The van der Waals surface area contributed by atoms with Crippen LogP contribution >= 0.6 is 11.6 Å². The highest BCUT2D eigenvalue weighted by atomic mass is 35.5. The van der Waals surface area contributed by atoms with Gasteiger partial charge in [0.15, 0.2) is 0 Å². The van der Waals surface area contributed by atoms with E-state index in [1.54, 1.807) is 7.05 Å². The predicted octanol–water partition coefficient (Wildman–Crippen LogP) is 3.32. The van der Waals surface area contributed by atoms with Gasteiger partial charge >= 0.3 is 6.61 Å². The second kappa shape index (κ2) is 8.06. The van der Waals surface area contributed by atoms with E-state index in [1.165, 1.54) is 39.3 Å². The van der Waals surface area contributed by atoms with E-state index >= 15 is 0 Å². The largest absolute Gasteiger partial charge is 0.433 e. The molecule has 11 heteroatoms. The van der Waals surface area contributed by atoms with E-state index < -0.39 is 22.5 Å². The van der Waals surface area contributed by atoms with Gasteiger partial charge in [-0.2, -0.15) is 13.1 Å². The molecule has 1 fully saturated rings. The average molecular weight is 434 g/mol. The molecule has 2 aromatic rings. The van der Waals surface area contributed by atoms with Gasteiger partial charge in [-0.25, -0.2) is 8.42 Å². The zero-order valence-corrected chi connectivity index (χ0v) is 16.4. The van der Waals surface area contributed by atoms with Gasteiger partial charge in [0.1, 0.15) is 16.3 Å². The first-order valence-corrected chi connectivity index (χ1v) is 10.2. The van der Waals surface area contributed by atoms with E-state index in [-0.39, 0.29) is 27.0 Å². The smallest absolute Gasteiger partial charge is 0.387 e. The number of aryl methyl sites for hydroxylation is 1. The second-order valence-electron chi connectivity index (χ2n) is 6.26. The second-order valence-corrected chi connectivity index (χ2v) is 8.61. The van der Waals surface area contributed by atoms with Crippen LogP contribution in [0, 0.1) is 0 Å². The number of carbonyl (C=O) groups excluding carboxylic acids is 1. The van der Waals surface area contributed by atoms with Crippen LogP contribution < -0.4 is 10.1 Å². The Morgan fingerprint density at radius 3 is 2.54 bits per heavy atom. The van der Waals surface area contributed by atoms with Gasteiger partial charge in [0, 0.05) is 32.0 Å². The van der Waals surface area contributed by atoms with E-state index in [9.17, 15) is 22.0 Å². The molecule has 0 bridgehead atoms. The number of hydrogen-bond donors (Lipinski definition) is 1. The predicted molar refractivity (Wildman–Crippen MR) is 99.4 cm³/mol. The first-order valence-electron chi connectivity index (χ1n) is 8.40. The van der Waals surface area contributed by atoms with Crippen LogP contribution in [0.2, 0.25) is 5.02 Å². The number of halogens is 3. The standard InChI is InChI=1S/C17H18ClF2N3O4S/c1-22-10-12(28(25,26)23-6-2-3-7-23)9-14(22)16(24)21-11-4-5-15(13(18)8-11)27-17(19)20/h4-5,8-10,17H,2-3,6-7H2,1H3,(H,21,24). The third-order valence-electron chi connectivity index (χ3n) is 4.32. The van der Waals surface area contributed by atoms with E-state index in [0.29, 0.717) is 13.1 Å². The summed E-state index contributed by atoms with van der Waals surface area (Å²) in [6.45, 7) is -2.09. The summed E-state index contributed by atoms with van der Waals surface area (Å²) in [5.41, 5.74) is 0.378. The van der Waals surface area contributed by atoms with Gasteiger partial charge in [-0.15, -0.1) is 0 Å². The van der Waals surface area contributed by atoms with Crippen molar-refractivity contribution in [3.05, 3.63) is 41.2 Å². The number of rotatable bonds is 6. The van der Waals surface area contributed by atoms with Crippen molar-refractivity contribution in [1.29, 1.82) is 0 Å². The Balaban J connectivity index is 1.78. The van der Waals surface area contributed by atoms with E-state index in [0.717, 1.165) is 12.8 Å². The number of ether oxygens (including phenoxy) is 1. The lowest BCUT2D eigenvalue weighted by molar-refractivity contribution is -0.0497. The molecule has 28 heavy (non-hydrogen) atoms. The number of anilines is 1. The van der Waals surface area contributed by atoms with Gasteiger partial charge in [-0.3, -0.25) is 4.79 Å². The van der Waals surface area contributed by atoms with Crippen LogP contribution in [0.25, 0.3) is 0 Å². The number of benzene rings is 1. The van der Waals surface area contributed by atoms with Crippen molar-refractivity contribution < 1.29 is 26.7 Å². The lowest BCUT2D eigenvalue weighted by atomic mass is 10.3. The minimum Gasteiger partial charge on any atom is -0.433 e. The summed E-state index contributed by atoms with van der Waals surface area (Å²) in [4.78, 5) is 12.6. The summed E-state index contributed by atoms with van der Waals surface area (Å²) in [7, 11) is -2.09. The Labute approximate surface area is 165 Å². The molecular weight excluding hydrogens is 416 g/mol. The number of nitrogens with one attached hydrogen (secondary N) is 1. The molecule has 1 amide bonds. The molecule has 0 aliphatic carbocycles. The van der Waals surface area contributed by atoms with Crippen LogP contribution in [0.4, 0.5) is 14.5 Å². The normalized spacial score (nSPS) is 15.2. The Hall–Kier alpha value is -2.17. The lowest BCUT2D eigenvalue weighted by Gasteiger charge is -2.13. The molecule has 1 aliphatic heterocycles. The Kier molecular flexibility index (Phi) is 5.92. The molecule has 1 N–H and O–H groups in total. The summed E-state index contributed by atoms with van der Waals surface area (Å²) >= 11 is 5.87. The Morgan fingerprint density at radius 2 is 1.93 bits per heavy atom. The summed E-state index contributed by atoms with van der Waals surface area (Å²) in [6, 6.07) is 5.13. The molecule has 2 heterocycles. The van der Waals surface area contributed by atoms with E-state index in [1.807, 2.05) is 0 Å². The quantitative estimate of drug-likeness (QED) is 0.757. The molecule has 0 spiro atoms. The molecule has 0 atom stereocenters. The van der Waals surface area contributed by atoms with E-state index in [4.69, 9.17) is 11.6 Å². The van der Waals surface area contributed by atoms with Crippen LogP contribution in [0.1, 0.15) is 23.3 Å². The molecule has 1 aromatic carbocycles. The average Bonchev–Trinajstić information content (AvgIpc) is 3.27. The summed E-state index contributed by atoms with van der Waals surface area (Å²) in [5, 5.41) is 2.46. The maximum atomic E-state index is 12.6. The SMILES string of the molecule is Cn1cc(S(=O)(=O)N2CCCC2)cc1C(=O)Nc1ccc(OC(F)F)c(Cl)c1. The van der Waals surface area contributed by atoms with Gasteiger partial charge in [0.05, 0.1) is 5.02 Å². The number of aromatic nitrogens is 1. The van der Waals surface area contributed by atoms with Crippen molar-refractivity contribution in [3.8, 4) is 5.75 Å². The van der Waals surface area contributed by atoms with Crippen molar-refractivity contribution >= 4 is 33.2 Å². The molecular formula is C17H18ClF2N3O4S. The topological polar surface area (TPSA) is 80.6 Å². The van der Waals surface area contributed by atoms with Crippen molar-refractivity contribution in [2.45, 2.75) is 24.3 Å². The molecule has 152 valence electrons. The highest BCUT2D eigenvalue weighted by Crippen LogP contribution is 2.29. The molecule has 0 unspecified atom stereocenters. The number of sulfonamides is 1. The first-order chi connectivity index (χ1) is 13.2. The molecule has 1 saturated heterocycles. The van der Waals surface area contributed by atoms with E-state index in [2.05, 4.69) is 10.1 Å². The highest BCUT2D eigenvalue weighted by molar-refractivity contribution is 7.89. The van der Waals surface area contributed by atoms with Gasteiger partial charge < -0.3 is 14.6 Å². The fourth-order valence-electron chi connectivity index (χ4n) is 2.94. The van der Waals surface area contributed by atoms with Crippen LogP contribution in [0.15, 0.2) is 35.4 Å². The number of amides is 1. The fourth-order valence-corrected chi connectivity index (χ4v) is 4.76. The lowest BCUT2D eigenvalue weighted by Crippen LogP contribution is -2.27. The minimum atomic E-state index is -3.65. The van der Waals surface area contributed by atoms with Crippen LogP contribution in [0.5, 0.6) is 5.75 Å². The molecule has 0 radical (unpaired) electrons. The van der Waals surface area contributed by atoms with Gasteiger partial charge in [-0.05, 0) is 37.1 Å². The maximum absolute atomic E-state index is 12.6. The van der Waals surface area contributed by atoms with Crippen molar-refractivity contribution in [1.82, 2.24) is 8.87 Å². The van der Waals surface area contributed by atoms with Crippen LogP contribution in [-0.2, 0) is 17.1 Å².